The third-order valence-electron chi connectivity index (χ3n) is 5.74. The molecule has 2 aromatic rings. The maximum atomic E-state index is 15.8. The van der Waals surface area contributed by atoms with E-state index in [1.54, 1.807) is 0 Å². The molecular formula is C14H15ClFN6O7P. The molecule has 0 spiro atoms. The maximum Gasteiger partial charge on any atom is 0.363 e. The number of imidazole rings is 1. The highest BCUT2D eigenvalue weighted by Crippen LogP contribution is 2.75. The number of rotatable bonds is 5. The van der Waals surface area contributed by atoms with Gasteiger partial charge in [0.15, 0.2) is 22.7 Å². The first kappa shape index (κ1) is 20.0. The van der Waals surface area contributed by atoms with E-state index >= 15 is 4.39 Å². The molecule has 30 heavy (non-hydrogen) atoms. The van der Waals surface area contributed by atoms with Crippen molar-refractivity contribution in [1.29, 1.82) is 0 Å². The lowest BCUT2D eigenvalue weighted by Crippen LogP contribution is -2.39. The molecule has 7 atom stereocenters. The van der Waals surface area contributed by atoms with Crippen LogP contribution in [0.5, 0.6) is 0 Å². The second kappa shape index (κ2) is 5.85. The topological polar surface area (TPSA) is 195 Å². The summed E-state index contributed by atoms with van der Waals surface area (Å²) in [6.45, 7) is 0. The molecule has 13 nitrogen and oxygen atoms in total. The fourth-order valence-electron chi connectivity index (χ4n) is 4.23. The van der Waals surface area contributed by atoms with Crippen molar-refractivity contribution in [3.63, 3.8) is 0 Å². The van der Waals surface area contributed by atoms with E-state index in [1.165, 1.54) is 10.9 Å². The Morgan fingerprint density at radius 3 is 2.83 bits per heavy atom. The highest BCUT2D eigenvalue weighted by Gasteiger charge is 2.97. The van der Waals surface area contributed by atoms with Crippen LogP contribution in [0.1, 0.15) is 6.04 Å². The molecule has 6 N–H and O–H groups in total. The van der Waals surface area contributed by atoms with Crippen LogP contribution < -0.4 is 11.1 Å². The standard InChI is InChI=1S/C14H15ClFN6O7P/c1-18-10(23)11(30(25,26)27)29-7-6-14(7,24)13(16)4(5(13)28-6)22-2-19-3-8(17)20-12(15)21-9(3)22/h2,4-7,11,24H,1H3,(H,18,23)(H2,17,20,21)(H2,25,26,27)/t4?,5-,6+,7?,11+,13+,14-/m0/s1. The average molecular weight is 465 g/mol. The molecule has 162 valence electrons. The monoisotopic (exact) mass is 464 g/mol. The third kappa shape index (κ3) is 2.32. The van der Waals surface area contributed by atoms with Crippen molar-refractivity contribution in [3.05, 3.63) is 11.6 Å². The number of carbonyl (C=O) groups excluding carboxylic acids is 1. The number of ether oxygens (including phenoxy) is 2. The van der Waals surface area contributed by atoms with Crippen molar-refractivity contribution in [2.24, 2.45) is 0 Å². The highest BCUT2D eigenvalue weighted by molar-refractivity contribution is 7.53. The number of aliphatic hydroxyl groups is 1. The summed E-state index contributed by atoms with van der Waals surface area (Å²) in [5.41, 5.74) is 1.46. The summed E-state index contributed by atoms with van der Waals surface area (Å²) in [6, 6.07) is -1.07. The molecule has 5 rings (SSSR count). The van der Waals surface area contributed by atoms with Gasteiger partial charge in [-0.3, -0.25) is 9.36 Å². The quantitative estimate of drug-likeness (QED) is 0.254. The maximum absolute atomic E-state index is 15.8. The lowest BCUT2D eigenvalue weighted by Gasteiger charge is -2.20. The Hall–Kier alpha value is -1.93. The van der Waals surface area contributed by atoms with Gasteiger partial charge in [-0.2, -0.15) is 9.97 Å². The predicted molar refractivity (Wildman–Crippen MR) is 96.0 cm³/mol. The smallest absolute Gasteiger partial charge is 0.363 e. The van der Waals surface area contributed by atoms with Crippen LogP contribution in [0.15, 0.2) is 6.33 Å². The number of carbonyl (C=O) groups is 1. The molecule has 2 saturated carbocycles. The summed E-state index contributed by atoms with van der Waals surface area (Å²) in [5.74, 6) is -3.34. The first-order valence-corrected chi connectivity index (χ1v) is 10.7. The van der Waals surface area contributed by atoms with Crippen LogP contribution in [-0.4, -0.2) is 82.8 Å². The molecule has 3 heterocycles. The molecule has 1 amide bonds. The SMILES string of the molecule is CNC(=O)[C@H](OC1[C@H]2O[C@H]3C(n4cnc5c(N)nc(Cl)nc54)[C@]3(F)[C@@]12O)P(=O)(O)O. The Morgan fingerprint density at radius 1 is 1.50 bits per heavy atom. The van der Waals surface area contributed by atoms with Crippen molar-refractivity contribution in [2.45, 2.75) is 41.5 Å². The molecule has 0 aromatic carbocycles. The molecule has 0 radical (unpaired) electrons. The third-order valence-corrected chi connectivity index (χ3v) is 6.87. The molecule has 3 fully saturated rings. The van der Waals surface area contributed by atoms with Crippen LogP contribution in [0, 0.1) is 0 Å². The van der Waals surface area contributed by atoms with Gasteiger partial charge in [-0.15, -0.1) is 0 Å². The van der Waals surface area contributed by atoms with Gasteiger partial charge in [0.05, 0.1) is 6.33 Å². The fourth-order valence-corrected chi connectivity index (χ4v) is 5.12. The van der Waals surface area contributed by atoms with Crippen LogP contribution in [0.2, 0.25) is 5.28 Å². The van der Waals surface area contributed by atoms with Crippen molar-refractivity contribution >= 4 is 42.1 Å². The number of nitrogen functional groups attached to an aromatic ring is 1. The number of halogens is 2. The summed E-state index contributed by atoms with van der Waals surface area (Å²) in [6.07, 6.45) is -2.50. The Labute approximate surface area is 171 Å². The Morgan fingerprint density at radius 2 is 2.20 bits per heavy atom. The van der Waals surface area contributed by atoms with E-state index in [0.717, 1.165) is 7.05 Å². The molecule has 16 heteroatoms. The Kier molecular flexibility index (Phi) is 3.90. The normalized spacial score (nSPS) is 37.5. The molecule has 2 aromatic heterocycles. The largest absolute Gasteiger partial charge is 0.382 e. The Bertz CT molecular complexity index is 1150. The van der Waals surface area contributed by atoms with Crippen molar-refractivity contribution in [2.75, 3.05) is 12.8 Å². The van der Waals surface area contributed by atoms with Gasteiger partial charge < -0.3 is 40.0 Å². The molecule has 2 unspecified atom stereocenters. The van der Waals surface area contributed by atoms with Gasteiger partial charge in [-0.25, -0.2) is 9.37 Å². The van der Waals surface area contributed by atoms with Crippen molar-refractivity contribution in [3.8, 4) is 0 Å². The van der Waals surface area contributed by atoms with Crippen LogP contribution in [0.3, 0.4) is 0 Å². The summed E-state index contributed by atoms with van der Waals surface area (Å²) in [5, 5.41) is 12.8. The fraction of sp³-hybridized carbons (Fsp3) is 0.571. The summed E-state index contributed by atoms with van der Waals surface area (Å²) < 4.78 is 39.4. The zero-order valence-corrected chi connectivity index (χ0v) is 16.7. The molecule has 3 aliphatic rings. The van der Waals surface area contributed by atoms with Gasteiger partial charge >= 0.3 is 7.60 Å². The number of likely N-dealkylation sites (N-methyl/N-ethyl adjacent to an activating group) is 1. The number of anilines is 1. The van der Waals surface area contributed by atoms with E-state index in [4.69, 9.17) is 26.8 Å². The minimum Gasteiger partial charge on any atom is -0.382 e. The molecule has 0 bridgehead atoms. The predicted octanol–water partition coefficient (Wildman–Crippen LogP) is -1.53. The lowest BCUT2D eigenvalue weighted by atomic mass is 10.1. The van der Waals surface area contributed by atoms with Crippen LogP contribution in [-0.2, 0) is 18.8 Å². The number of nitrogens with one attached hydrogen (secondary N) is 1. The van der Waals surface area contributed by atoms with E-state index in [-0.39, 0.29) is 22.3 Å². The summed E-state index contributed by atoms with van der Waals surface area (Å²) >= 11 is 5.81. The molecule has 1 saturated heterocycles. The zero-order valence-electron chi connectivity index (χ0n) is 15.0. The van der Waals surface area contributed by atoms with Gasteiger partial charge in [0.1, 0.15) is 29.9 Å². The second-order valence-corrected chi connectivity index (χ2v) is 9.32. The average Bonchev–Trinajstić information content (AvgIpc) is 3.30. The number of nitrogens with zero attached hydrogens (tertiary/aromatic N) is 4. The summed E-state index contributed by atoms with van der Waals surface area (Å²) in [4.78, 5) is 42.3. The lowest BCUT2D eigenvalue weighted by molar-refractivity contribution is -0.132. The minimum atomic E-state index is -5.05. The first-order chi connectivity index (χ1) is 14.0. The number of hydrogen-bond acceptors (Lipinski definition) is 9. The van der Waals surface area contributed by atoms with E-state index < -0.39 is 55.0 Å². The number of nitrogens with two attached hydrogens (primary N) is 1. The van der Waals surface area contributed by atoms with Crippen LogP contribution >= 0.6 is 19.2 Å². The number of hydrogen-bond donors (Lipinski definition) is 5. The van der Waals surface area contributed by atoms with E-state index in [0.29, 0.717) is 0 Å². The second-order valence-electron chi connectivity index (χ2n) is 7.33. The number of fused-ring (bicyclic) bond motifs is 4. The molecule has 1 aliphatic heterocycles. The van der Waals surface area contributed by atoms with E-state index in [2.05, 4.69) is 20.3 Å². The van der Waals surface area contributed by atoms with E-state index in [9.17, 15) is 24.3 Å². The van der Waals surface area contributed by atoms with Crippen LogP contribution in [0.25, 0.3) is 11.2 Å². The Balaban J connectivity index is 1.45. The molecule has 2 aliphatic carbocycles. The van der Waals surface area contributed by atoms with Crippen molar-refractivity contribution < 1.29 is 38.1 Å². The van der Waals surface area contributed by atoms with Gasteiger partial charge in [0.25, 0.3) is 5.91 Å². The highest BCUT2D eigenvalue weighted by atomic mass is 35.5. The van der Waals surface area contributed by atoms with E-state index in [1.807, 2.05) is 0 Å². The first-order valence-electron chi connectivity index (χ1n) is 8.60. The zero-order chi connectivity index (χ0) is 21.8. The van der Waals surface area contributed by atoms with Gasteiger partial charge in [-0.1, -0.05) is 0 Å². The number of amides is 1. The number of alkyl halides is 1. The molecular weight excluding hydrogens is 450 g/mol. The summed E-state index contributed by atoms with van der Waals surface area (Å²) in [7, 11) is -3.90. The minimum absolute atomic E-state index is 0.0114. The number of aromatic nitrogens is 4. The van der Waals surface area contributed by atoms with Gasteiger partial charge in [-0.05, 0) is 11.6 Å². The van der Waals surface area contributed by atoms with Gasteiger partial charge in [0, 0.05) is 7.05 Å². The van der Waals surface area contributed by atoms with Crippen molar-refractivity contribution in [1.82, 2.24) is 24.8 Å². The van der Waals surface area contributed by atoms with Crippen LogP contribution in [0.4, 0.5) is 10.2 Å². The van der Waals surface area contributed by atoms with Gasteiger partial charge in [0.2, 0.25) is 11.1 Å².